The summed E-state index contributed by atoms with van der Waals surface area (Å²) in [7, 11) is 3.21. The Kier molecular flexibility index (Phi) is 5.16. The van der Waals surface area contributed by atoms with Gasteiger partial charge >= 0.3 is 0 Å². The molecule has 25 heavy (non-hydrogen) atoms. The number of carbonyl (C=O) groups excluding carboxylic acids is 1. The number of thiazole rings is 1. The molecule has 0 aliphatic carbocycles. The average Bonchev–Trinajstić information content (AvgIpc) is 3.20. The van der Waals surface area contributed by atoms with Gasteiger partial charge in [-0.05, 0) is 29.7 Å². The summed E-state index contributed by atoms with van der Waals surface area (Å²) in [6, 6.07) is 11.0. The van der Waals surface area contributed by atoms with Crippen molar-refractivity contribution < 1.29 is 9.53 Å². The van der Waals surface area contributed by atoms with Crippen molar-refractivity contribution >= 4 is 46.4 Å². The summed E-state index contributed by atoms with van der Waals surface area (Å²) in [6.45, 7) is 0. The fourth-order valence-corrected chi connectivity index (χ4v) is 3.99. The van der Waals surface area contributed by atoms with E-state index in [0.717, 1.165) is 4.88 Å². The molecule has 0 aliphatic heterocycles. The predicted molar refractivity (Wildman–Crippen MR) is 103 cm³/mol. The maximum Gasteiger partial charge on any atom is 0.268 e. The molecule has 1 N–H and O–H groups in total. The van der Waals surface area contributed by atoms with E-state index in [-0.39, 0.29) is 11.5 Å². The number of rotatable bonds is 4. The summed E-state index contributed by atoms with van der Waals surface area (Å²) in [5, 5.41) is 4.73. The number of benzene rings is 1. The van der Waals surface area contributed by atoms with Gasteiger partial charge in [-0.1, -0.05) is 18.2 Å². The molecule has 2 heterocycles. The smallest absolute Gasteiger partial charge is 0.268 e. The molecule has 5 nitrogen and oxygen atoms in total. The van der Waals surface area contributed by atoms with Crippen LogP contribution in [0, 0.1) is 0 Å². The Morgan fingerprint density at radius 2 is 2.04 bits per heavy atom. The minimum absolute atomic E-state index is 0.116. The number of carbonyl (C=O) groups is 1. The fraction of sp³-hybridized carbons (Fsp3) is 0.111. The number of hydrogen-bond acceptors (Lipinski definition) is 5. The van der Waals surface area contributed by atoms with Crippen LogP contribution in [0.2, 0.25) is 0 Å². The molecule has 0 fully saturated rings. The lowest BCUT2D eigenvalue weighted by atomic mass is 10.3. The first-order chi connectivity index (χ1) is 12.1. The second kappa shape index (κ2) is 7.50. The molecule has 3 rings (SSSR count). The summed E-state index contributed by atoms with van der Waals surface area (Å²) in [6.07, 6.45) is 3.26. The minimum Gasteiger partial charge on any atom is -0.495 e. The maximum atomic E-state index is 12.3. The molecule has 3 aromatic rings. The molecule has 0 atom stereocenters. The van der Waals surface area contributed by atoms with Crippen LogP contribution in [-0.4, -0.2) is 17.6 Å². The molecular formula is C18H16N2O3S2. The first-order valence-corrected chi connectivity index (χ1v) is 9.15. The van der Waals surface area contributed by atoms with Gasteiger partial charge in [-0.25, -0.2) is 0 Å². The lowest BCUT2D eigenvalue weighted by Gasteiger charge is -2.07. The molecule has 1 amide bonds. The monoisotopic (exact) mass is 372 g/mol. The van der Waals surface area contributed by atoms with Crippen molar-refractivity contribution in [1.82, 2.24) is 4.57 Å². The van der Waals surface area contributed by atoms with E-state index in [0.29, 0.717) is 20.6 Å². The molecule has 0 aliphatic rings. The van der Waals surface area contributed by atoms with Gasteiger partial charge in [0.15, 0.2) is 0 Å². The van der Waals surface area contributed by atoms with Gasteiger partial charge in [0.05, 0.1) is 17.3 Å². The summed E-state index contributed by atoms with van der Waals surface area (Å²) < 4.78 is 7.88. The number of thiophene rings is 1. The van der Waals surface area contributed by atoms with Gasteiger partial charge in [0, 0.05) is 18.0 Å². The van der Waals surface area contributed by atoms with Crippen molar-refractivity contribution in [3.8, 4) is 5.75 Å². The zero-order valence-electron chi connectivity index (χ0n) is 13.7. The van der Waals surface area contributed by atoms with Crippen LogP contribution in [-0.2, 0) is 11.8 Å². The number of anilines is 1. The van der Waals surface area contributed by atoms with Crippen LogP contribution in [0.25, 0.3) is 12.2 Å². The van der Waals surface area contributed by atoms with E-state index < -0.39 is 0 Å². The third kappa shape index (κ3) is 3.89. The summed E-state index contributed by atoms with van der Waals surface area (Å²) >= 11 is 2.85. The Bertz CT molecular complexity index is 1060. The third-order valence-corrected chi connectivity index (χ3v) is 5.43. The number of hydrogen-bond donors (Lipinski definition) is 1. The number of aromatic nitrogens is 1. The molecule has 0 bridgehead atoms. The van der Waals surface area contributed by atoms with Crippen molar-refractivity contribution in [3.05, 3.63) is 66.2 Å². The molecule has 2 aromatic heterocycles. The molecule has 128 valence electrons. The number of amides is 1. The average molecular weight is 372 g/mol. The molecule has 0 unspecified atom stereocenters. The highest BCUT2D eigenvalue weighted by Gasteiger charge is 2.06. The first-order valence-electron chi connectivity index (χ1n) is 7.45. The largest absolute Gasteiger partial charge is 0.495 e. The molecular weight excluding hydrogens is 356 g/mol. The topological polar surface area (TPSA) is 60.3 Å². The highest BCUT2D eigenvalue weighted by Crippen LogP contribution is 2.22. The Morgan fingerprint density at radius 3 is 2.76 bits per heavy atom. The van der Waals surface area contributed by atoms with Crippen LogP contribution in [0.15, 0.2) is 46.6 Å². The highest BCUT2D eigenvalue weighted by atomic mass is 32.1. The van der Waals surface area contributed by atoms with Gasteiger partial charge in [-0.15, -0.1) is 22.7 Å². The van der Waals surface area contributed by atoms with Gasteiger partial charge in [0.1, 0.15) is 10.4 Å². The van der Waals surface area contributed by atoms with E-state index in [1.54, 1.807) is 37.6 Å². The number of nitrogens with one attached hydrogen (secondary N) is 1. The lowest BCUT2D eigenvalue weighted by molar-refractivity contribution is -0.110. The number of nitrogens with zero attached hydrogens (tertiary/aromatic N) is 1. The van der Waals surface area contributed by atoms with E-state index >= 15 is 0 Å². The summed E-state index contributed by atoms with van der Waals surface area (Å²) in [5.41, 5.74) is 0.466. The van der Waals surface area contributed by atoms with Crippen molar-refractivity contribution in [2.45, 2.75) is 0 Å². The second-order valence-corrected chi connectivity index (χ2v) is 7.20. The van der Waals surface area contributed by atoms with Gasteiger partial charge in [-0.2, -0.15) is 0 Å². The SMILES string of the molecule is COc1ccccc1NC(=O)C=c1sc(=Cc2cccs2)c(=O)n1C. The van der Waals surface area contributed by atoms with E-state index in [1.807, 2.05) is 35.7 Å². The molecule has 7 heteroatoms. The zero-order chi connectivity index (χ0) is 17.8. The third-order valence-electron chi connectivity index (χ3n) is 3.50. The number of methoxy groups -OCH3 is 1. The Hall–Kier alpha value is -2.64. The zero-order valence-corrected chi connectivity index (χ0v) is 15.3. The Balaban J connectivity index is 1.94. The lowest BCUT2D eigenvalue weighted by Crippen LogP contribution is -2.29. The standard InChI is InChI=1S/C18H16N2O3S2/c1-20-17(25-15(18(20)22)10-12-6-5-9-24-12)11-16(21)19-13-7-3-4-8-14(13)23-2/h3-11H,1-2H3,(H,19,21). The molecule has 1 aromatic carbocycles. The minimum atomic E-state index is -0.316. The van der Waals surface area contributed by atoms with E-state index in [2.05, 4.69) is 5.32 Å². The molecule has 0 spiro atoms. The van der Waals surface area contributed by atoms with Crippen LogP contribution in [0.5, 0.6) is 5.75 Å². The Morgan fingerprint density at radius 1 is 1.24 bits per heavy atom. The summed E-state index contributed by atoms with van der Waals surface area (Å²) in [5.74, 6) is 0.264. The highest BCUT2D eigenvalue weighted by molar-refractivity contribution is 7.11. The second-order valence-electron chi connectivity index (χ2n) is 5.16. The van der Waals surface area contributed by atoms with Crippen molar-refractivity contribution in [2.75, 3.05) is 12.4 Å². The Labute approximate surface area is 152 Å². The normalized spacial score (nSPS) is 12.4. The number of para-hydroxylation sites is 2. The number of ether oxygens (including phenoxy) is 1. The molecule has 0 saturated heterocycles. The van der Waals surface area contributed by atoms with Crippen LogP contribution in [0.1, 0.15) is 4.88 Å². The predicted octanol–water partition coefficient (Wildman–Crippen LogP) is 1.76. The van der Waals surface area contributed by atoms with Gasteiger partial charge in [-0.3, -0.25) is 9.59 Å². The van der Waals surface area contributed by atoms with Crippen LogP contribution in [0.3, 0.4) is 0 Å². The van der Waals surface area contributed by atoms with E-state index in [9.17, 15) is 9.59 Å². The fourth-order valence-electron chi connectivity index (χ4n) is 2.24. The maximum absolute atomic E-state index is 12.3. The van der Waals surface area contributed by atoms with E-state index in [4.69, 9.17) is 4.74 Å². The molecule has 0 saturated carbocycles. The van der Waals surface area contributed by atoms with Gasteiger partial charge in [0.2, 0.25) is 0 Å². The van der Waals surface area contributed by atoms with Crippen LogP contribution in [0.4, 0.5) is 5.69 Å². The van der Waals surface area contributed by atoms with E-state index in [1.165, 1.54) is 22.0 Å². The molecule has 0 radical (unpaired) electrons. The quantitative estimate of drug-likeness (QED) is 0.759. The van der Waals surface area contributed by atoms with Gasteiger partial charge in [0.25, 0.3) is 11.5 Å². The van der Waals surface area contributed by atoms with Gasteiger partial charge < -0.3 is 14.6 Å². The van der Waals surface area contributed by atoms with Crippen LogP contribution < -0.4 is 24.8 Å². The van der Waals surface area contributed by atoms with Crippen molar-refractivity contribution in [3.63, 3.8) is 0 Å². The first kappa shape index (κ1) is 17.2. The van der Waals surface area contributed by atoms with Crippen molar-refractivity contribution in [1.29, 1.82) is 0 Å². The summed E-state index contributed by atoms with van der Waals surface area (Å²) in [4.78, 5) is 25.6. The van der Waals surface area contributed by atoms with Crippen LogP contribution >= 0.6 is 22.7 Å². The van der Waals surface area contributed by atoms with Crippen molar-refractivity contribution in [2.24, 2.45) is 7.05 Å².